The standard InChI is InChI=1S/C36H57N15O4/c1-36(2,3)28(32(55)50-25(6-4-16-45-33(39)40)30(53)47-19-23-12-14-24(15-13-23)29(37)38)51-31(54)26(7-5-17-46-34(41)42)49-27(52)18-21-8-10-22(11-9-21)20-48-35(43)44/h8-15,25-26,28H,4-7,16-20H2,1-3H3,(H3,37,38)(H,47,53)(H,49,52)(H,50,55)(H,51,54)(H4,39,40,45)(H4,41,42,46)(H4,43,44,48)/t25-,26-,28+/m0/s1. The first-order valence-electron chi connectivity index (χ1n) is 17.7. The molecule has 3 atom stereocenters. The summed E-state index contributed by atoms with van der Waals surface area (Å²) in [5.74, 6) is -2.45. The second-order valence-electron chi connectivity index (χ2n) is 13.9. The van der Waals surface area contributed by atoms with Crippen LogP contribution in [-0.2, 0) is 38.7 Å². The number of carbonyl (C=O) groups excluding carboxylic acids is 4. The molecule has 0 saturated carbocycles. The Morgan fingerprint density at radius 1 is 0.636 bits per heavy atom. The molecule has 0 unspecified atom stereocenters. The average molecular weight is 764 g/mol. The Morgan fingerprint density at radius 2 is 1.13 bits per heavy atom. The Bertz CT molecular complexity index is 1690. The molecule has 2 aromatic carbocycles. The highest BCUT2D eigenvalue weighted by atomic mass is 16.2. The van der Waals surface area contributed by atoms with Gasteiger partial charge in [-0.15, -0.1) is 0 Å². The molecule has 19 nitrogen and oxygen atoms in total. The Balaban J connectivity index is 2.24. The zero-order valence-electron chi connectivity index (χ0n) is 31.7. The van der Waals surface area contributed by atoms with Crippen LogP contribution in [0.3, 0.4) is 0 Å². The molecule has 4 amide bonds. The molecule has 0 spiro atoms. The number of nitrogens with one attached hydrogen (secondary N) is 5. The third-order valence-corrected chi connectivity index (χ3v) is 8.15. The summed E-state index contributed by atoms with van der Waals surface area (Å²) >= 11 is 0. The highest BCUT2D eigenvalue weighted by Crippen LogP contribution is 2.21. The lowest BCUT2D eigenvalue weighted by molar-refractivity contribution is -0.136. The van der Waals surface area contributed by atoms with Gasteiger partial charge in [-0.2, -0.15) is 0 Å². The number of benzene rings is 2. The zero-order valence-corrected chi connectivity index (χ0v) is 31.7. The van der Waals surface area contributed by atoms with Crippen molar-refractivity contribution >= 4 is 47.3 Å². The van der Waals surface area contributed by atoms with Gasteiger partial charge >= 0.3 is 0 Å². The monoisotopic (exact) mass is 763 g/mol. The van der Waals surface area contributed by atoms with E-state index in [0.29, 0.717) is 24.0 Å². The number of amides is 4. The van der Waals surface area contributed by atoms with Gasteiger partial charge in [-0.25, -0.2) is 4.99 Å². The molecular weight excluding hydrogens is 706 g/mol. The third-order valence-electron chi connectivity index (χ3n) is 8.15. The predicted molar refractivity (Wildman–Crippen MR) is 214 cm³/mol. The molecule has 0 aliphatic rings. The first kappa shape index (κ1) is 44.8. The Labute approximate surface area is 321 Å². The number of guanidine groups is 3. The molecule has 0 bridgehead atoms. The fourth-order valence-corrected chi connectivity index (χ4v) is 5.21. The van der Waals surface area contributed by atoms with E-state index in [9.17, 15) is 19.2 Å². The van der Waals surface area contributed by atoms with Gasteiger partial charge in [0.25, 0.3) is 0 Å². The molecule has 300 valence electrons. The minimum atomic E-state index is -1.12. The van der Waals surface area contributed by atoms with Crippen molar-refractivity contribution in [3.8, 4) is 0 Å². The van der Waals surface area contributed by atoms with E-state index >= 15 is 0 Å². The van der Waals surface area contributed by atoms with Crippen LogP contribution in [0.4, 0.5) is 0 Å². The van der Waals surface area contributed by atoms with Gasteiger partial charge in [0, 0.05) is 25.2 Å². The summed E-state index contributed by atoms with van der Waals surface area (Å²) in [4.78, 5) is 66.3. The van der Waals surface area contributed by atoms with Crippen molar-refractivity contribution in [3.63, 3.8) is 0 Å². The second-order valence-corrected chi connectivity index (χ2v) is 13.9. The van der Waals surface area contributed by atoms with Crippen molar-refractivity contribution in [1.82, 2.24) is 21.3 Å². The Hall–Kier alpha value is -6.40. The number of rotatable bonds is 21. The van der Waals surface area contributed by atoms with Gasteiger partial charge in [-0.3, -0.25) is 34.6 Å². The first-order valence-corrected chi connectivity index (χ1v) is 17.7. The second kappa shape index (κ2) is 22.0. The lowest BCUT2D eigenvalue weighted by Crippen LogP contribution is -2.60. The third kappa shape index (κ3) is 17.3. The Kier molecular flexibility index (Phi) is 17.9. The predicted octanol–water partition coefficient (Wildman–Crippen LogP) is -1.79. The van der Waals surface area contributed by atoms with E-state index in [1.807, 2.05) is 0 Å². The van der Waals surface area contributed by atoms with Crippen molar-refractivity contribution in [2.24, 2.45) is 60.5 Å². The molecule has 19 N–H and O–H groups in total. The van der Waals surface area contributed by atoms with Crippen molar-refractivity contribution in [2.45, 2.75) is 84.1 Å². The first-order chi connectivity index (χ1) is 25.8. The topological polar surface area (TPSA) is 359 Å². The van der Waals surface area contributed by atoms with Gasteiger partial charge in [0.15, 0.2) is 17.9 Å². The van der Waals surface area contributed by atoms with E-state index in [1.54, 1.807) is 69.3 Å². The fourth-order valence-electron chi connectivity index (χ4n) is 5.21. The summed E-state index contributed by atoms with van der Waals surface area (Å²) in [7, 11) is 0. The summed E-state index contributed by atoms with van der Waals surface area (Å²) in [6.45, 7) is 6.14. The van der Waals surface area contributed by atoms with Crippen LogP contribution < -0.4 is 61.4 Å². The van der Waals surface area contributed by atoms with Crippen molar-refractivity contribution in [1.29, 1.82) is 5.41 Å². The van der Waals surface area contributed by atoms with Gasteiger partial charge in [0.2, 0.25) is 23.6 Å². The average Bonchev–Trinajstić information content (AvgIpc) is 3.10. The molecule has 19 heteroatoms. The number of nitrogens with two attached hydrogens (primary N) is 7. The van der Waals surface area contributed by atoms with Crippen molar-refractivity contribution in [3.05, 3.63) is 70.8 Å². The summed E-state index contributed by atoms with van der Waals surface area (Å²) in [5, 5.41) is 18.8. The number of nitrogen functional groups attached to an aromatic ring is 1. The molecule has 2 rings (SSSR count). The van der Waals surface area contributed by atoms with Crippen LogP contribution in [0.25, 0.3) is 0 Å². The van der Waals surface area contributed by atoms with Crippen LogP contribution in [0.2, 0.25) is 0 Å². The molecule has 0 fully saturated rings. The highest BCUT2D eigenvalue weighted by molar-refractivity contribution is 5.95. The van der Waals surface area contributed by atoms with Gasteiger partial charge in [-0.1, -0.05) is 69.3 Å². The maximum atomic E-state index is 13.9. The van der Waals surface area contributed by atoms with E-state index < -0.39 is 47.2 Å². The SMILES string of the molecule is CC(C)(C)[C@H](NC(=O)[C@H](CCCN=C(N)N)NC(=O)Cc1ccc(CN=C(N)N)cc1)C(=O)N[C@@H](CCCN=C(N)N)C(=O)NCc1ccc(C(=N)N)cc1. The van der Waals surface area contributed by atoms with Gasteiger partial charge in [-0.05, 0) is 47.8 Å². The van der Waals surface area contributed by atoms with Crippen molar-refractivity contribution < 1.29 is 19.2 Å². The summed E-state index contributed by atoms with van der Waals surface area (Å²) in [6, 6.07) is 10.7. The molecule has 2 aromatic rings. The molecule has 0 aliphatic carbocycles. The molecule has 55 heavy (non-hydrogen) atoms. The number of aliphatic imine (C=N–C) groups is 3. The summed E-state index contributed by atoms with van der Waals surface area (Å²) < 4.78 is 0. The van der Waals surface area contributed by atoms with Gasteiger partial charge < -0.3 is 61.4 Å². The number of hydrogen-bond acceptors (Lipinski definition) is 8. The van der Waals surface area contributed by atoms with E-state index in [0.717, 1.165) is 11.1 Å². The minimum Gasteiger partial charge on any atom is -0.384 e. The number of hydrogen-bond donors (Lipinski definition) is 12. The highest BCUT2D eigenvalue weighted by Gasteiger charge is 2.36. The molecule has 0 aliphatic heterocycles. The van der Waals surface area contributed by atoms with E-state index in [-0.39, 0.29) is 69.2 Å². The lowest BCUT2D eigenvalue weighted by Gasteiger charge is -2.33. The van der Waals surface area contributed by atoms with Crippen molar-refractivity contribution in [2.75, 3.05) is 13.1 Å². The maximum Gasteiger partial charge on any atom is 0.243 e. The van der Waals surface area contributed by atoms with Crippen LogP contribution in [0.5, 0.6) is 0 Å². The summed E-state index contributed by atoms with van der Waals surface area (Å²) in [5.41, 5.74) is 40.2. The molecule has 0 radical (unpaired) electrons. The number of nitrogens with zero attached hydrogens (tertiary/aromatic N) is 3. The molecule has 0 heterocycles. The van der Waals surface area contributed by atoms with Gasteiger partial charge in [0.1, 0.15) is 24.0 Å². The largest absolute Gasteiger partial charge is 0.384 e. The smallest absolute Gasteiger partial charge is 0.243 e. The lowest BCUT2D eigenvalue weighted by atomic mass is 9.85. The van der Waals surface area contributed by atoms with E-state index in [4.69, 9.17) is 45.5 Å². The Morgan fingerprint density at radius 3 is 1.62 bits per heavy atom. The normalized spacial score (nSPS) is 12.5. The van der Waals surface area contributed by atoms with Crippen LogP contribution in [0.15, 0.2) is 63.5 Å². The van der Waals surface area contributed by atoms with E-state index in [1.165, 1.54) is 0 Å². The van der Waals surface area contributed by atoms with Crippen LogP contribution in [0, 0.1) is 10.8 Å². The summed E-state index contributed by atoms with van der Waals surface area (Å²) in [6.07, 6.45) is 1.02. The number of carbonyl (C=O) groups is 4. The fraction of sp³-hybridized carbons (Fsp3) is 0.444. The molecular formula is C36H57N15O4. The molecule has 0 saturated heterocycles. The number of amidine groups is 1. The van der Waals surface area contributed by atoms with E-state index in [2.05, 4.69) is 36.2 Å². The minimum absolute atomic E-state index is 0.0268. The molecule has 0 aromatic heterocycles. The van der Waals surface area contributed by atoms with Crippen LogP contribution >= 0.6 is 0 Å². The van der Waals surface area contributed by atoms with Crippen LogP contribution in [0.1, 0.15) is 68.7 Å². The van der Waals surface area contributed by atoms with Crippen LogP contribution in [-0.4, -0.2) is 78.6 Å². The quantitative estimate of drug-likeness (QED) is 0.0383. The maximum absolute atomic E-state index is 13.9. The zero-order chi connectivity index (χ0) is 41.1. The van der Waals surface area contributed by atoms with Gasteiger partial charge in [0.05, 0.1) is 13.0 Å².